The number of hydrogen-bond acceptors (Lipinski definition) is 5. The molecule has 0 saturated carbocycles. The van der Waals surface area contributed by atoms with Crippen LogP contribution >= 0.6 is 0 Å². The Morgan fingerprint density at radius 1 is 1.44 bits per heavy atom. The molecule has 3 N–H and O–H groups in total. The molecule has 4 atom stereocenters. The molecule has 1 fully saturated rings. The van der Waals surface area contributed by atoms with Crippen molar-refractivity contribution in [1.29, 1.82) is 0 Å². The second-order valence-corrected chi connectivity index (χ2v) is 5.39. The molecule has 0 aromatic heterocycles. The Bertz CT molecular complexity index is 228. The summed E-state index contributed by atoms with van der Waals surface area (Å²) in [5, 5.41) is 9.96. The molecule has 5 nitrogen and oxygen atoms in total. The van der Waals surface area contributed by atoms with E-state index in [1.807, 2.05) is 6.92 Å². The minimum Gasteiger partial charge on any atom is -0.389 e. The van der Waals surface area contributed by atoms with Crippen LogP contribution in [0.4, 0.5) is 0 Å². The van der Waals surface area contributed by atoms with Gasteiger partial charge in [0.15, 0.2) is 0 Å². The quantitative estimate of drug-likeness (QED) is 0.646. The first-order chi connectivity index (χ1) is 8.56. The van der Waals surface area contributed by atoms with E-state index in [2.05, 4.69) is 11.8 Å². The summed E-state index contributed by atoms with van der Waals surface area (Å²) in [5.41, 5.74) is 5.69. The maximum absolute atomic E-state index is 9.96. The minimum absolute atomic E-state index is 0.0254. The van der Waals surface area contributed by atoms with E-state index in [1.54, 1.807) is 7.11 Å². The molecule has 1 aliphatic rings. The number of aliphatic hydroxyl groups is 1. The molecule has 1 rings (SSSR count). The monoisotopic (exact) mass is 260 g/mol. The van der Waals surface area contributed by atoms with Crippen molar-refractivity contribution >= 4 is 0 Å². The predicted molar refractivity (Wildman–Crippen MR) is 71.5 cm³/mol. The van der Waals surface area contributed by atoms with Crippen LogP contribution in [0.2, 0.25) is 0 Å². The Kier molecular flexibility index (Phi) is 7.11. The highest BCUT2D eigenvalue weighted by Gasteiger charge is 2.29. The molecule has 0 amide bonds. The van der Waals surface area contributed by atoms with Gasteiger partial charge < -0.3 is 20.3 Å². The first kappa shape index (κ1) is 15.9. The third-order valence-corrected chi connectivity index (χ3v) is 3.54. The van der Waals surface area contributed by atoms with Gasteiger partial charge in [0, 0.05) is 26.2 Å². The largest absolute Gasteiger partial charge is 0.389 e. The zero-order valence-electron chi connectivity index (χ0n) is 11.8. The van der Waals surface area contributed by atoms with Crippen molar-refractivity contribution < 1.29 is 14.6 Å². The summed E-state index contributed by atoms with van der Waals surface area (Å²) in [6.45, 7) is 7.44. The molecular formula is C13H28N2O3. The van der Waals surface area contributed by atoms with Crippen LogP contribution < -0.4 is 5.73 Å². The van der Waals surface area contributed by atoms with Crippen molar-refractivity contribution in [2.24, 2.45) is 11.7 Å². The number of rotatable bonds is 8. The van der Waals surface area contributed by atoms with Gasteiger partial charge in [-0.05, 0) is 32.7 Å². The predicted octanol–water partition coefficient (Wildman–Crippen LogP) is 0.0679. The van der Waals surface area contributed by atoms with Gasteiger partial charge >= 0.3 is 0 Å². The summed E-state index contributed by atoms with van der Waals surface area (Å²) in [6, 6.07) is 0.504. The number of aliphatic hydroxyl groups excluding tert-OH is 1. The van der Waals surface area contributed by atoms with Gasteiger partial charge in [-0.25, -0.2) is 0 Å². The molecule has 0 aromatic carbocycles. The number of ether oxygens (including phenoxy) is 2. The normalized spacial score (nSPS) is 28.5. The van der Waals surface area contributed by atoms with Gasteiger partial charge in [0.1, 0.15) is 0 Å². The average Bonchev–Trinajstić information content (AvgIpc) is 2.68. The molecule has 108 valence electrons. The second-order valence-electron chi connectivity index (χ2n) is 5.39. The molecule has 0 spiro atoms. The summed E-state index contributed by atoms with van der Waals surface area (Å²) >= 11 is 0. The smallest absolute Gasteiger partial charge is 0.0900 e. The SMILES string of the molecule is COCC(C)OCC(O)CN1CC(CN)CC1C. The van der Waals surface area contributed by atoms with E-state index in [-0.39, 0.29) is 6.10 Å². The van der Waals surface area contributed by atoms with Crippen molar-refractivity contribution in [3.8, 4) is 0 Å². The van der Waals surface area contributed by atoms with Crippen LogP contribution in [0.25, 0.3) is 0 Å². The van der Waals surface area contributed by atoms with E-state index >= 15 is 0 Å². The highest BCUT2D eigenvalue weighted by atomic mass is 16.5. The van der Waals surface area contributed by atoms with E-state index in [4.69, 9.17) is 15.2 Å². The van der Waals surface area contributed by atoms with Crippen LogP contribution in [-0.4, -0.2) is 68.2 Å². The summed E-state index contributed by atoms with van der Waals surface area (Å²) < 4.78 is 10.5. The molecule has 18 heavy (non-hydrogen) atoms. The van der Waals surface area contributed by atoms with E-state index in [9.17, 15) is 5.11 Å². The Morgan fingerprint density at radius 3 is 2.72 bits per heavy atom. The molecule has 0 radical (unpaired) electrons. The molecule has 4 unspecified atom stereocenters. The van der Waals surface area contributed by atoms with Crippen LogP contribution in [0, 0.1) is 5.92 Å². The van der Waals surface area contributed by atoms with Gasteiger partial charge in [-0.15, -0.1) is 0 Å². The van der Waals surface area contributed by atoms with E-state index in [0.29, 0.717) is 31.7 Å². The van der Waals surface area contributed by atoms with Gasteiger partial charge in [-0.3, -0.25) is 4.90 Å². The standard InChI is InChI=1S/C13H28N2O3/c1-10-4-12(5-14)6-15(10)7-13(16)9-18-11(2)8-17-3/h10-13,16H,4-9,14H2,1-3H3. The Morgan fingerprint density at radius 2 is 2.17 bits per heavy atom. The summed E-state index contributed by atoms with van der Waals surface area (Å²) in [6.07, 6.45) is 0.713. The zero-order chi connectivity index (χ0) is 13.5. The average molecular weight is 260 g/mol. The van der Waals surface area contributed by atoms with E-state index in [1.165, 1.54) is 0 Å². The molecule has 5 heteroatoms. The number of nitrogens with two attached hydrogens (primary N) is 1. The zero-order valence-corrected chi connectivity index (χ0v) is 11.8. The van der Waals surface area contributed by atoms with Crippen LogP contribution in [0.5, 0.6) is 0 Å². The first-order valence-corrected chi connectivity index (χ1v) is 6.79. The van der Waals surface area contributed by atoms with Gasteiger partial charge in [-0.1, -0.05) is 0 Å². The molecule has 0 bridgehead atoms. The second kappa shape index (κ2) is 8.07. The van der Waals surface area contributed by atoms with E-state index < -0.39 is 6.10 Å². The van der Waals surface area contributed by atoms with Crippen molar-refractivity contribution in [3.05, 3.63) is 0 Å². The lowest BCUT2D eigenvalue weighted by Crippen LogP contribution is -2.38. The van der Waals surface area contributed by atoms with Crippen LogP contribution in [0.3, 0.4) is 0 Å². The topological polar surface area (TPSA) is 68.0 Å². The Hall–Kier alpha value is -0.200. The lowest BCUT2D eigenvalue weighted by Gasteiger charge is -2.25. The van der Waals surface area contributed by atoms with Crippen molar-refractivity contribution in [3.63, 3.8) is 0 Å². The minimum atomic E-state index is -0.441. The van der Waals surface area contributed by atoms with Gasteiger partial charge in [0.2, 0.25) is 0 Å². The van der Waals surface area contributed by atoms with Gasteiger partial charge in [0.05, 0.1) is 25.4 Å². The lowest BCUT2D eigenvalue weighted by atomic mass is 10.1. The van der Waals surface area contributed by atoms with Crippen molar-refractivity contribution in [2.75, 3.05) is 40.0 Å². The fraction of sp³-hybridized carbons (Fsp3) is 1.00. The van der Waals surface area contributed by atoms with E-state index in [0.717, 1.165) is 19.5 Å². The van der Waals surface area contributed by atoms with Crippen LogP contribution in [0.1, 0.15) is 20.3 Å². The third kappa shape index (κ3) is 5.20. The molecular weight excluding hydrogens is 232 g/mol. The summed E-state index contributed by atoms with van der Waals surface area (Å²) in [4.78, 5) is 2.30. The number of hydrogen-bond donors (Lipinski definition) is 2. The molecule has 1 saturated heterocycles. The maximum Gasteiger partial charge on any atom is 0.0900 e. The summed E-state index contributed by atoms with van der Waals surface area (Å²) in [5.74, 6) is 0.570. The maximum atomic E-state index is 9.96. The van der Waals surface area contributed by atoms with Crippen LogP contribution in [0.15, 0.2) is 0 Å². The molecule has 0 aliphatic carbocycles. The van der Waals surface area contributed by atoms with Gasteiger partial charge in [0.25, 0.3) is 0 Å². The van der Waals surface area contributed by atoms with Gasteiger partial charge in [-0.2, -0.15) is 0 Å². The van der Waals surface area contributed by atoms with Crippen LogP contribution in [-0.2, 0) is 9.47 Å². The third-order valence-electron chi connectivity index (χ3n) is 3.54. The fourth-order valence-electron chi connectivity index (χ4n) is 2.52. The Balaban J connectivity index is 2.21. The highest BCUT2D eigenvalue weighted by molar-refractivity contribution is 4.84. The number of methoxy groups -OCH3 is 1. The molecule has 1 heterocycles. The number of β-amino-alcohol motifs (C(OH)–C–C–N with tert-alkyl or cyclic N) is 1. The van der Waals surface area contributed by atoms with Crippen molar-refractivity contribution in [1.82, 2.24) is 4.90 Å². The first-order valence-electron chi connectivity index (χ1n) is 6.79. The lowest BCUT2D eigenvalue weighted by molar-refractivity contribution is -0.0403. The number of nitrogens with zero attached hydrogens (tertiary/aromatic N) is 1. The molecule has 1 aliphatic heterocycles. The number of likely N-dealkylation sites (tertiary alicyclic amines) is 1. The molecule has 0 aromatic rings. The summed E-state index contributed by atoms with van der Waals surface area (Å²) in [7, 11) is 1.65. The fourth-order valence-corrected chi connectivity index (χ4v) is 2.52. The van der Waals surface area contributed by atoms with Crippen molar-refractivity contribution in [2.45, 2.75) is 38.5 Å². The Labute approximate surface area is 110 Å². The highest BCUT2D eigenvalue weighted by Crippen LogP contribution is 2.22.